The van der Waals surface area contributed by atoms with Gasteiger partial charge in [0.05, 0.1) is 19.2 Å². The van der Waals surface area contributed by atoms with E-state index in [9.17, 15) is 4.79 Å². The van der Waals surface area contributed by atoms with E-state index in [0.717, 1.165) is 9.35 Å². The summed E-state index contributed by atoms with van der Waals surface area (Å²) in [6.07, 6.45) is 0. The van der Waals surface area contributed by atoms with Crippen LogP contribution < -0.4 is 15.8 Å². The lowest BCUT2D eigenvalue weighted by molar-refractivity contribution is 0.0948. The Bertz CT molecular complexity index is 598. The monoisotopic (exact) mass is 340 g/mol. The molecule has 2 rings (SSSR count). The molecule has 0 spiro atoms. The van der Waals surface area contributed by atoms with Crippen LogP contribution in [0.25, 0.3) is 0 Å². The first-order valence-corrected chi connectivity index (χ1v) is 7.22. The summed E-state index contributed by atoms with van der Waals surface area (Å²) < 4.78 is 6.16. The minimum absolute atomic E-state index is 0.183. The number of rotatable bonds is 4. The molecule has 0 saturated heterocycles. The highest BCUT2D eigenvalue weighted by molar-refractivity contribution is 9.10. The number of carbonyl (C=O) groups excluding carboxylic acids is 1. The maximum atomic E-state index is 12.1. The Morgan fingerprint density at radius 3 is 2.89 bits per heavy atom. The van der Waals surface area contributed by atoms with Crippen LogP contribution in [0.2, 0.25) is 0 Å². The zero-order chi connectivity index (χ0) is 13.8. The van der Waals surface area contributed by atoms with E-state index in [1.165, 1.54) is 7.11 Å². The van der Waals surface area contributed by atoms with Crippen LogP contribution >= 0.6 is 27.3 Å². The largest absolute Gasteiger partial charge is 0.496 e. The van der Waals surface area contributed by atoms with Crippen LogP contribution in [0.4, 0.5) is 5.69 Å². The summed E-state index contributed by atoms with van der Waals surface area (Å²) >= 11 is 5.01. The topological polar surface area (TPSA) is 64.3 Å². The van der Waals surface area contributed by atoms with Crippen LogP contribution in [-0.4, -0.2) is 13.0 Å². The van der Waals surface area contributed by atoms with Crippen molar-refractivity contribution in [2.75, 3.05) is 12.8 Å². The molecule has 0 unspecified atom stereocenters. The maximum Gasteiger partial charge on any atom is 0.255 e. The van der Waals surface area contributed by atoms with Crippen molar-refractivity contribution in [3.05, 3.63) is 44.6 Å². The first-order chi connectivity index (χ1) is 9.11. The normalized spacial score (nSPS) is 10.2. The van der Waals surface area contributed by atoms with Gasteiger partial charge in [-0.05, 0) is 39.5 Å². The van der Waals surface area contributed by atoms with Gasteiger partial charge in [0.2, 0.25) is 0 Å². The smallest absolute Gasteiger partial charge is 0.255 e. The number of nitrogens with two attached hydrogens (primary N) is 1. The highest BCUT2D eigenvalue weighted by Gasteiger charge is 2.12. The Balaban J connectivity index is 2.10. The van der Waals surface area contributed by atoms with E-state index in [0.29, 0.717) is 23.5 Å². The molecule has 0 radical (unpaired) electrons. The summed E-state index contributed by atoms with van der Waals surface area (Å²) in [6, 6.07) is 6.93. The molecule has 0 aliphatic rings. The molecule has 1 aromatic carbocycles. The van der Waals surface area contributed by atoms with Gasteiger partial charge >= 0.3 is 0 Å². The van der Waals surface area contributed by atoms with Crippen molar-refractivity contribution < 1.29 is 9.53 Å². The number of benzene rings is 1. The Hall–Kier alpha value is -1.53. The molecule has 3 N–H and O–H groups in total. The molecule has 100 valence electrons. The van der Waals surface area contributed by atoms with Gasteiger partial charge in [-0.1, -0.05) is 0 Å². The predicted molar refractivity (Wildman–Crippen MR) is 80.6 cm³/mol. The lowest BCUT2D eigenvalue weighted by Gasteiger charge is -2.09. The number of halogens is 1. The standard InChI is InChI=1S/C13H13BrN2O2S/c1-18-11-6-8(15)2-3-9(11)13(17)16-7-12-10(14)4-5-19-12/h2-6H,7,15H2,1H3,(H,16,17). The SMILES string of the molecule is COc1cc(N)ccc1C(=O)NCc1sccc1Br. The van der Waals surface area contributed by atoms with Crippen LogP contribution in [0.15, 0.2) is 34.1 Å². The predicted octanol–water partition coefficient (Wildman–Crippen LogP) is 3.03. The van der Waals surface area contributed by atoms with Gasteiger partial charge in [-0.2, -0.15) is 0 Å². The zero-order valence-corrected chi connectivity index (χ0v) is 12.7. The summed E-state index contributed by atoms with van der Waals surface area (Å²) in [6.45, 7) is 0.477. The summed E-state index contributed by atoms with van der Waals surface area (Å²) in [5.74, 6) is 0.292. The van der Waals surface area contributed by atoms with Gasteiger partial charge in [0, 0.05) is 21.1 Å². The van der Waals surface area contributed by atoms with Crippen molar-refractivity contribution in [3.63, 3.8) is 0 Å². The number of thiophene rings is 1. The van der Waals surface area contributed by atoms with E-state index >= 15 is 0 Å². The third-order valence-electron chi connectivity index (χ3n) is 2.57. The van der Waals surface area contributed by atoms with Crippen molar-refractivity contribution in [2.24, 2.45) is 0 Å². The molecule has 1 heterocycles. The van der Waals surface area contributed by atoms with E-state index in [-0.39, 0.29) is 5.91 Å². The fourth-order valence-corrected chi connectivity index (χ4v) is 3.03. The number of anilines is 1. The molecule has 0 fully saturated rings. The first-order valence-electron chi connectivity index (χ1n) is 5.55. The van der Waals surface area contributed by atoms with Crippen LogP contribution in [-0.2, 0) is 6.54 Å². The molecular weight excluding hydrogens is 328 g/mol. The minimum atomic E-state index is -0.183. The van der Waals surface area contributed by atoms with E-state index < -0.39 is 0 Å². The second-order valence-corrected chi connectivity index (χ2v) is 5.69. The van der Waals surface area contributed by atoms with E-state index in [4.69, 9.17) is 10.5 Å². The highest BCUT2D eigenvalue weighted by atomic mass is 79.9. The number of nitrogen functional groups attached to an aromatic ring is 1. The average Bonchev–Trinajstić information content (AvgIpc) is 2.81. The quantitative estimate of drug-likeness (QED) is 0.840. The Labute approximate surface area is 123 Å². The average molecular weight is 341 g/mol. The Morgan fingerprint density at radius 2 is 2.26 bits per heavy atom. The molecule has 6 heteroatoms. The van der Waals surface area contributed by atoms with Gasteiger partial charge in [-0.25, -0.2) is 0 Å². The molecule has 0 bridgehead atoms. The van der Waals surface area contributed by atoms with Gasteiger partial charge in [0.1, 0.15) is 5.75 Å². The van der Waals surface area contributed by atoms with Crippen LogP contribution in [0.1, 0.15) is 15.2 Å². The summed E-state index contributed by atoms with van der Waals surface area (Å²) in [7, 11) is 1.52. The number of methoxy groups -OCH3 is 1. The number of hydrogen-bond acceptors (Lipinski definition) is 4. The van der Waals surface area contributed by atoms with Gasteiger partial charge in [0.25, 0.3) is 5.91 Å². The molecule has 0 aliphatic heterocycles. The van der Waals surface area contributed by atoms with E-state index in [1.807, 2.05) is 11.4 Å². The number of nitrogens with one attached hydrogen (secondary N) is 1. The molecule has 2 aromatic rings. The van der Waals surface area contributed by atoms with Gasteiger partial charge in [0.15, 0.2) is 0 Å². The molecular formula is C13H13BrN2O2S. The third kappa shape index (κ3) is 3.27. The summed E-state index contributed by atoms with van der Waals surface area (Å²) in [5, 5.41) is 4.82. The number of hydrogen-bond donors (Lipinski definition) is 2. The molecule has 0 saturated carbocycles. The van der Waals surface area contributed by atoms with E-state index in [1.54, 1.807) is 29.5 Å². The minimum Gasteiger partial charge on any atom is -0.496 e. The van der Waals surface area contributed by atoms with Gasteiger partial charge in [-0.3, -0.25) is 4.79 Å². The lowest BCUT2D eigenvalue weighted by Crippen LogP contribution is -2.23. The van der Waals surface area contributed by atoms with Crippen molar-refractivity contribution in [1.29, 1.82) is 0 Å². The molecule has 0 atom stereocenters. The van der Waals surface area contributed by atoms with Crippen molar-refractivity contribution in [1.82, 2.24) is 5.32 Å². The second kappa shape index (κ2) is 6.08. The third-order valence-corrected chi connectivity index (χ3v) is 4.50. The van der Waals surface area contributed by atoms with E-state index in [2.05, 4.69) is 21.2 Å². The Morgan fingerprint density at radius 1 is 1.47 bits per heavy atom. The molecule has 1 aromatic heterocycles. The van der Waals surface area contributed by atoms with Crippen LogP contribution in [0.5, 0.6) is 5.75 Å². The van der Waals surface area contributed by atoms with Crippen LogP contribution in [0.3, 0.4) is 0 Å². The summed E-state index contributed by atoms with van der Waals surface area (Å²) in [5.41, 5.74) is 6.70. The first kappa shape index (κ1) is 13.9. The number of ether oxygens (including phenoxy) is 1. The number of carbonyl (C=O) groups is 1. The zero-order valence-electron chi connectivity index (χ0n) is 10.3. The molecule has 1 amide bonds. The Kier molecular flexibility index (Phi) is 4.44. The number of amides is 1. The van der Waals surface area contributed by atoms with Crippen molar-refractivity contribution in [3.8, 4) is 5.75 Å². The fraction of sp³-hybridized carbons (Fsp3) is 0.154. The highest BCUT2D eigenvalue weighted by Crippen LogP contribution is 2.24. The fourth-order valence-electron chi connectivity index (χ4n) is 1.60. The van der Waals surface area contributed by atoms with Crippen molar-refractivity contribution in [2.45, 2.75) is 6.54 Å². The second-order valence-electron chi connectivity index (χ2n) is 3.83. The molecule has 19 heavy (non-hydrogen) atoms. The molecule has 0 aliphatic carbocycles. The van der Waals surface area contributed by atoms with Crippen LogP contribution in [0, 0.1) is 0 Å². The van der Waals surface area contributed by atoms with Crippen molar-refractivity contribution >= 4 is 38.9 Å². The summed E-state index contributed by atoms with van der Waals surface area (Å²) in [4.78, 5) is 13.2. The van der Waals surface area contributed by atoms with Gasteiger partial charge in [-0.15, -0.1) is 11.3 Å². The lowest BCUT2D eigenvalue weighted by atomic mass is 10.1. The molecule has 4 nitrogen and oxygen atoms in total. The van der Waals surface area contributed by atoms with Gasteiger partial charge < -0.3 is 15.8 Å². The maximum absolute atomic E-state index is 12.1.